The van der Waals surface area contributed by atoms with E-state index >= 15 is 0 Å². The minimum absolute atomic E-state index is 0.0911. The second-order valence-electron chi connectivity index (χ2n) is 8.59. The molecule has 7 nitrogen and oxygen atoms in total. The SMILES string of the molecule is CN=Cc1cc(-c2nc3ccc(OCC(F)(F)F)nc3n(-c3ccc(C4CC4)cc3)c2=O)ccc1N. The van der Waals surface area contributed by atoms with Gasteiger partial charge in [0.15, 0.2) is 12.3 Å². The molecule has 4 aromatic rings. The zero-order valence-electron chi connectivity index (χ0n) is 19.3. The van der Waals surface area contributed by atoms with E-state index in [1.54, 1.807) is 43.6 Å². The lowest BCUT2D eigenvalue weighted by Crippen LogP contribution is -2.24. The number of pyridine rings is 1. The lowest BCUT2D eigenvalue weighted by molar-refractivity contribution is -0.154. The monoisotopic (exact) mass is 493 g/mol. The fraction of sp³-hybridized carbons (Fsp3) is 0.231. The molecule has 2 aromatic heterocycles. The molecule has 1 fully saturated rings. The number of hydrogen-bond acceptors (Lipinski definition) is 6. The van der Waals surface area contributed by atoms with Crippen LogP contribution in [-0.2, 0) is 0 Å². The quantitative estimate of drug-likeness (QED) is 0.305. The van der Waals surface area contributed by atoms with E-state index in [0.29, 0.717) is 33.9 Å². The number of benzene rings is 2. The first kappa shape index (κ1) is 23.5. The summed E-state index contributed by atoms with van der Waals surface area (Å²) in [6.07, 6.45) is -0.681. The van der Waals surface area contributed by atoms with Crippen LogP contribution in [-0.4, -0.2) is 40.6 Å². The first-order valence-corrected chi connectivity index (χ1v) is 11.3. The number of aliphatic imine (C=N–C) groups is 1. The highest BCUT2D eigenvalue weighted by Gasteiger charge is 2.29. The third-order valence-corrected chi connectivity index (χ3v) is 5.89. The fourth-order valence-electron chi connectivity index (χ4n) is 3.99. The zero-order valence-corrected chi connectivity index (χ0v) is 19.3. The zero-order chi connectivity index (χ0) is 25.4. The van der Waals surface area contributed by atoms with Crippen LogP contribution in [0.15, 0.2) is 64.4 Å². The number of alkyl halides is 3. The topological polar surface area (TPSA) is 95.4 Å². The molecule has 0 aliphatic heterocycles. The molecule has 0 unspecified atom stereocenters. The van der Waals surface area contributed by atoms with Crippen LogP contribution in [0.4, 0.5) is 18.9 Å². The maximum absolute atomic E-state index is 13.8. The highest BCUT2D eigenvalue weighted by atomic mass is 19.4. The molecular formula is C26H22F3N5O2. The van der Waals surface area contributed by atoms with Gasteiger partial charge >= 0.3 is 6.18 Å². The van der Waals surface area contributed by atoms with Gasteiger partial charge in [0.2, 0.25) is 5.88 Å². The Balaban J connectivity index is 1.70. The van der Waals surface area contributed by atoms with Crippen molar-refractivity contribution >= 4 is 23.1 Å². The van der Waals surface area contributed by atoms with Gasteiger partial charge < -0.3 is 10.5 Å². The van der Waals surface area contributed by atoms with Crippen LogP contribution in [0.3, 0.4) is 0 Å². The third kappa shape index (κ3) is 4.79. The largest absolute Gasteiger partial charge is 0.468 e. The molecule has 10 heteroatoms. The molecule has 2 heterocycles. The summed E-state index contributed by atoms with van der Waals surface area (Å²) < 4.78 is 44.2. The van der Waals surface area contributed by atoms with E-state index in [4.69, 9.17) is 10.5 Å². The van der Waals surface area contributed by atoms with E-state index in [-0.39, 0.29) is 17.2 Å². The Bertz CT molecular complexity index is 1520. The molecular weight excluding hydrogens is 471 g/mol. The summed E-state index contributed by atoms with van der Waals surface area (Å²) in [5, 5.41) is 0. The van der Waals surface area contributed by atoms with Gasteiger partial charge in [-0.1, -0.05) is 18.2 Å². The smallest absolute Gasteiger partial charge is 0.422 e. The second-order valence-corrected chi connectivity index (χ2v) is 8.59. The van der Waals surface area contributed by atoms with Crippen LogP contribution in [0.2, 0.25) is 0 Å². The highest BCUT2D eigenvalue weighted by Crippen LogP contribution is 2.40. The van der Waals surface area contributed by atoms with Gasteiger partial charge in [-0.15, -0.1) is 0 Å². The maximum Gasteiger partial charge on any atom is 0.422 e. The highest BCUT2D eigenvalue weighted by molar-refractivity contribution is 5.89. The van der Waals surface area contributed by atoms with Gasteiger partial charge in [-0.2, -0.15) is 18.2 Å². The van der Waals surface area contributed by atoms with E-state index < -0.39 is 18.3 Å². The van der Waals surface area contributed by atoms with Crippen molar-refractivity contribution in [2.75, 3.05) is 19.4 Å². The first-order valence-electron chi connectivity index (χ1n) is 11.3. The molecule has 1 aliphatic carbocycles. The Kier molecular flexibility index (Phi) is 5.95. The van der Waals surface area contributed by atoms with Crippen LogP contribution in [0.5, 0.6) is 5.88 Å². The number of ether oxygens (including phenoxy) is 1. The number of nitrogen functional groups attached to an aromatic ring is 1. The Morgan fingerprint density at radius 2 is 1.86 bits per heavy atom. The number of hydrogen-bond donors (Lipinski definition) is 1. The number of anilines is 1. The molecule has 1 aliphatic rings. The Hall–Kier alpha value is -4.21. The lowest BCUT2D eigenvalue weighted by atomic mass is 10.1. The molecule has 0 bridgehead atoms. The summed E-state index contributed by atoms with van der Waals surface area (Å²) in [5.74, 6) is 0.264. The summed E-state index contributed by atoms with van der Waals surface area (Å²) in [7, 11) is 1.61. The number of fused-ring (bicyclic) bond motifs is 1. The maximum atomic E-state index is 13.8. The molecule has 2 N–H and O–H groups in total. The van der Waals surface area contributed by atoms with Crippen molar-refractivity contribution in [2.24, 2.45) is 4.99 Å². The van der Waals surface area contributed by atoms with Gasteiger partial charge in [0.05, 0.1) is 5.69 Å². The first-order chi connectivity index (χ1) is 17.2. The summed E-state index contributed by atoms with van der Waals surface area (Å²) >= 11 is 0. The third-order valence-electron chi connectivity index (χ3n) is 5.89. The predicted octanol–water partition coefficient (Wildman–Crippen LogP) is 4.90. The summed E-state index contributed by atoms with van der Waals surface area (Å²) in [6.45, 7) is -1.50. The fourth-order valence-corrected chi connectivity index (χ4v) is 3.99. The normalized spacial score (nSPS) is 14.0. The molecule has 5 rings (SSSR count). The van der Waals surface area contributed by atoms with Crippen LogP contribution < -0.4 is 16.0 Å². The van der Waals surface area contributed by atoms with Crippen molar-refractivity contribution < 1.29 is 17.9 Å². The van der Waals surface area contributed by atoms with E-state index in [0.717, 1.165) is 12.8 Å². The Labute approximate surface area is 204 Å². The number of nitrogens with zero attached hydrogens (tertiary/aromatic N) is 4. The van der Waals surface area contributed by atoms with Crippen molar-refractivity contribution in [3.05, 3.63) is 76.1 Å². The molecule has 1 saturated carbocycles. The number of halogens is 3. The Morgan fingerprint density at radius 1 is 1.11 bits per heavy atom. The van der Waals surface area contributed by atoms with Gasteiger partial charge in [-0.3, -0.25) is 14.4 Å². The van der Waals surface area contributed by atoms with E-state index in [1.807, 2.05) is 12.1 Å². The van der Waals surface area contributed by atoms with Crippen molar-refractivity contribution in [1.29, 1.82) is 0 Å². The summed E-state index contributed by atoms with van der Waals surface area (Å²) in [6, 6.07) is 15.4. The van der Waals surface area contributed by atoms with Gasteiger partial charge in [-0.25, -0.2) is 4.98 Å². The molecule has 36 heavy (non-hydrogen) atoms. The molecule has 0 atom stereocenters. The lowest BCUT2D eigenvalue weighted by Gasteiger charge is -2.14. The van der Waals surface area contributed by atoms with Gasteiger partial charge in [0.25, 0.3) is 5.56 Å². The van der Waals surface area contributed by atoms with E-state index in [9.17, 15) is 18.0 Å². The average Bonchev–Trinajstić information content (AvgIpc) is 3.69. The van der Waals surface area contributed by atoms with Crippen molar-refractivity contribution in [1.82, 2.24) is 14.5 Å². The van der Waals surface area contributed by atoms with Crippen LogP contribution in [0, 0.1) is 0 Å². The molecule has 0 radical (unpaired) electrons. The minimum atomic E-state index is -4.52. The average molecular weight is 493 g/mol. The van der Waals surface area contributed by atoms with Crippen LogP contribution in [0.25, 0.3) is 28.1 Å². The van der Waals surface area contributed by atoms with E-state index in [1.165, 1.54) is 22.3 Å². The molecule has 0 spiro atoms. The van der Waals surface area contributed by atoms with Crippen molar-refractivity contribution in [2.45, 2.75) is 24.9 Å². The molecule has 2 aromatic carbocycles. The standard InChI is InChI=1S/C26H22F3N5O2/c1-31-13-18-12-17(6-9-20(18)30)23-25(35)34(19-7-4-16(5-8-19)15-2-3-15)24-21(32-23)10-11-22(33-24)36-14-26(27,28)29/h4-13,15H,2-3,14,30H2,1H3. The number of rotatable bonds is 6. The second kappa shape index (κ2) is 9.10. The summed E-state index contributed by atoms with van der Waals surface area (Å²) in [5.41, 5.74) is 9.43. The van der Waals surface area contributed by atoms with Gasteiger partial charge in [-0.05, 0) is 54.7 Å². The van der Waals surface area contributed by atoms with Gasteiger partial charge in [0.1, 0.15) is 11.2 Å². The molecule has 0 amide bonds. The van der Waals surface area contributed by atoms with E-state index in [2.05, 4.69) is 15.0 Å². The number of aromatic nitrogens is 3. The predicted molar refractivity (Wildman–Crippen MR) is 132 cm³/mol. The Morgan fingerprint density at radius 3 is 2.53 bits per heavy atom. The van der Waals surface area contributed by atoms with Crippen LogP contribution in [0.1, 0.15) is 29.9 Å². The summed E-state index contributed by atoms with van der Waals surface area (Å²) in [4.78, 5) is 26.5. The van der Waals surface area contributed by atoms with Crippen LogP contribution >= 0.6 is 0 Å². The molecule has 0 saturated heterocycles. The van der Waals surface area contributed by atoms with Gasteiger partial charge in [0, 0.05) is 36.1 Å². The van der Waals surface area contributed by atoms with Crippen molar-refractivity contribution in [3.8, 4) is 22.8 Å². The number of nitrogens with two attached hydrogens (primary N) is 1. The molecule has 184 valence electrons. The minimum Gasteiger partial charge on any atom is -0.468 e. The van der Waals surface area contributed by atoms with Crippen molar-refractivity contribution in [3.63, 3.8) is 0 Å².